The van der Waals surface area contributed by atoms with Gasteiger partial charge in [0.15, 0.2) is 0 Å². The Morgan fingerprint density at radius 2 is 2.20 bits per heavy atom. The van der Waals surface area contributed by atoms with Gasteiger partial charge in [-0.15, -0.1) is 10.2 Å². The third-order valence-corrected chi connectivity index (χ3v) is 4.32. The Balaban J connectivity index is 1.37. The summed E-state index contributed by atoms with van der Waals surface area (Å²) in [5.41, 5.74) is 1.88. The topological polar surface area (TPSA) is 96.9 Å². The van der Waals surface area contributed by atoms with E-state index < -0.39 is 0 Å². The minimum Gasteiger partial charge on any atom is -0.366 e. The van der Waals surface area contributed by atoms with Gasteiger partial charge in [-0.05, 0) is 18.6 Å². The smallest absolute Gasteiger partial charge is 0.223 e. The molecule has 1 aromatic carbocycles. The van der Waals surface area contributed by atoms with Crippen LogP contribution in [0.3, 0.4) is 0 Å². The molecule has 3 heterocycles. The number of rotatable bonds is 4. The minimum atomic E-state index is -0.324. The van der Waals surface area contributed by atoms with E-state index in [1.165, 1.54) is 0 Å². The summed E-state index contributed by atoms with van der Waals surface area (Å²) in [7, 11) is 0. The molecule has 4 rings (SSSR count). The first kappa shape index (κ1) is 15.6. The number of nitrogens with zero attached hydrogens (tertiary/aromatic N) is 5. The molecule has 1 fully saturated rings. The van der Waals surface area contributed by atoms with Crippen LogP contribution in [0.5, 0.6) is 0 Å². The van der Waals surface area contributed by atoms with Gasteiger partial charge in [-0.25, -0.2) is 0 Å². The number of fused-ring (bicyclic) bond motifs is 1. The maximum Gasteiger partial charge on any atom is 0.223 e. The molecule has 3 aromatic rings. The fourth-order valence-electron chi connectivity index (χ4n) is 2.98. The molecule has 0 bridgehead atoms. The van der Waals surface area contributed by atoms with E-state index in [1.54, 1.807) is 4.90 Å². The molecular weight excluding hydrogens is 320 g/mol. The van der Waals surface area contributed by atoms with Gasteiger partial charge in [-0.3, -0.25) is 9.78 Å². The zero-order chi connectivity index (χ0) is 17.1. The Morgan fingerprint density at radius 1 is 1.28 bits per heavy atom. The molecule has 8 heteroatoms. The van der Waals surface area contributed by atoms with Gasteiger partial charge in [0.05, 0.1) is 18.7 Å². The number of tetrazole rings is 1. The Kier molecular flexibility index (Phi) is 4.34. The lowest BCUT2D eigenvalue weighted by molar-refractivity contribution is -0.139. The van der Waals surface area contributed by atoms with Crippen LogP contribution in [-0.4, -0.2) is 56.1 Å². The fourth-order valence-corrected chi connectivity index (χ4v) is 2.98. The summed E-state index contributed by atoms with van der Waals surface area (Å²) in [5.74, 6) is 0.570. The molecule has 1 aliphatic rings. The Hall–Kier alpha value is -2.87. The highest BCUT2D eigenvalue weighted by molar-refractivity contribution is 5.79. The molecule has 0 spiro atoms. The van der Waals surface area contributed by atoms with E-state index in [-0.39, 0.29) is 12.0 Å². The number of hydrogen-bond acceptors (Lipinski definition) is 6. The number of amides is 1. The summed E-state index contributed by atoms with van der Waals surface area (Å²) in [4.78, 5) is 18.9. The fraction of sp³-hybridized carbons (Fsp3) is 0.353. The number of carbonyl (C=O) groups is 1. The molecule has 1 unspecified atom stereocenters. The number of carbonyl (C=O) groups excluding carboxylic acids is 1. The van der Waals surface area contributed by atoms with E-state index in [1.807, 2.05) is 36.4 Å². The van der Waals surface area contributed by atoms with Gasteiger partial charge in [0, 0.05) is 24.0 Å². The van der Waals surface area contributed by atoms with Crippen LogP contribution >= 0.6 is 0 Å². The first-order valence-electron chi connectivity index (χ1n) is 8.27. The van der Waals surface area contributed by atoms with Gasteiger partial charge in [-0.1, -0.05) is 29.5 Å². The van der Waals surface area contributed by atoms with Crippen molar-refractivity contribution >= 4 is 16.8 Å². The lowest BCUT2D eigenvalue weighted by Gasteiger charge is -2.31. The van der Waals surface area contributed by atoms with E-state index in [0.29, 0.717) is 38.4 Å². The van der Waals surface area contributed by atoms with Crippen LogP contribution in [0.2, 0.25) is 0 Å². The second-order valence-corrected chi connectivity index (χ2v) is 5.96. The highest BCUT2D eigenvalue weighted by Crippen LogP contribution is 2.19. The number of benzene rings is 1. The number of aromatic nitrogens is 5. The molecule has 1 aliphatic heterocycles. The summed E-state index contributed by atoms with van der Waals surface area (Å²) >= 11 is 0. The quantitative estimate of drug-likeness (QED) is 0.770. The largest absolute Gasteiger partial charge is 0.366 e. The monoisotopic (exact) mass is 338 g/mol. The van der Waals surface area contributed by atoms with Gasteiger partial charge >= 0.3 is 0 Å². The van der Waals surface area contributed by atoms with Crippen molar-refractivity contribution in [2.45, 2.75) is 18.9 Å². The van der Waals surface area contributed by atoms with Crippen molar-refractivity contribution < 1.29 is 9.53 Å². The number of aryl methyl sites for hydroxylation is 1. The maximum atomic E-state index is 12.5. The van der Waals surface area contributed by atoms with Crippen LogP contribution in [0.25, 0.3) is 10.9 Å². The van der Waals surface area contributed by atoms with E-state index in [4.69, 9.17) is 4.74 Å². The average molecular weight is 338 g/mol. The van der Waals surface area contributed by atoms with E-state index >= 15 is 0 Å². The number of morpholine rings is 1. The first-order valence-corrected chi connectivity index (χ1v) is 8.27. The zero-order valence-electron chi connectivity index (χ0n) is 13.6. The molecule has 2 aromatic heterocycles. The Labute approximate surface area is 144 Å². The van der Waals surface area contributed by atoms with E-state index in [0.717, 1.165) is 16.6 Å². The minimum absolute atomic E-state index is 0.0896. The third kappa shape index (κ3) is 3.48. The normalized spacial score (nSPS) is 17.8. The van der Waals surface area contributed by atoms with Gasteiger partial charge in [0.1, 0.15) is 6.10 Å². The van der Waals surface area contributed by atoms with Gasteiger partial charge in [0.2, 0.25) is 11.7 Å². The van der Waals surface area contributed by atoms with E-state index in [2.05, 4.69) is 25.6 Å². The van der Waals surface area contributed by atoms with Crippen LogP contribution in [-0.2, 0) is 16.0 Å². The number of nitrogens with one attached hydrogen (secondary N) is 1. The number of aromatic amines is 1. The predicted molar refractivity (Wildman–Crippen MR) is 89.5 cm³/mol. The van der Waals surface area contributed by atoms with Crippen molar-refractivity contribution in [2.24, 2.45) is 0 Å². The molecule has 8 nitrogen and oxygen atoms in total. The van der Waals surface area contributed by atoms with Crippen molar-refractivity contribution in [1.82, 2.24) is 30.5 Å². The molecule has 128 valence electrons. The highest BCUT2D eigenvalue weighted by atomic mass is 16.5. The molecule has 25 heavy (non-hydrogen) atoms. The summed E-state index contributed by atoms with van der Waals surface area (Å²) in [5, 5.41) is 14.9. The number of H-pyrrole nitrogens is 1. The number of hydrogen-bond donors (Lipinski definition) is 1. The van der Waals surface area contributed by atoms with E-state index in [9.17, 15) is 4.79 Å². The Morgan fingerprint density at radius 3 is 3.08 bits per heavy atom. The Bertz CT molecular complexity index is 866. The second kappa shape index (κ2) is 6.94. The number of ether oxygens (including phenoxy) is 1. The van der Waals surface area contributed by atoms with Crippen molar-refractivity contribution in [3.63, 3.8) is 0 Å². The SMILES string of the molecule is O=C(CCc1ccc2ccccc2n1)N1CCOC(c2nn[nH]n2)C1. The van der Waals surface area contributed by atoms with Gasteiger partial charge < -0.3 is 9.64 Å². The zero-order valence-corrected chi connectivity index (χ0v) is 13.6. The molecule has 0 radical (unpaired) electrons. The molecule has 1 saturated heterocycles. The molecule has 0 saturated carbocycles. The molecular formula is C17H18N6O2. The summed E-state index contributed by atoms with van der Waals surface area (Å²) in [6.45, 7) is 1.50. The van der Waals surface area contributed by atoms with Crippen LogP contribution in [0.4, 0.5) is 0 Å². The first-order chi connectivity index (χ1) is 12.3. The summed E-state index contributed by atoms with van der Waals surface area (Å²) in [6.07, 6.45) is 0.716. The molecule has 0 aliphatic carbocycles. The average Bonchev–Trinajstić information content (AvgIpc) is 3.21. The van der Waals surface area contributed by atoms with Crippen molar-refractivity contribution in [2.75, 3.05) is 19.7 Å². The van der Waals surface area contributed by atoms with Crippen molar-refractivity contribution in [3.8, 4) is 0 Å². The lowest BCUT2D eigenvalue weighted by Crippen LogP contribution is -2.42. The molecule has 1 atom stereocenters. The summed E-state index contributed by atoms with van der Waals surface area (Å²) in [6, 6.07) is 12.0. The second-order valence-electron chi connectivity index (χ2n) is 5.96. The highest BCUT2D eigenvalue weighted by Gasteiger charge is 2.27. The molecule has 1 N–H and O–H groups in total. The number of pyridine rings is 1. The van der Waals surface area contributed by atoms with Crippen LogP contribution in [0.1, 0.15) is 24.0 Å². The number of para-hydroxylation sites is 1. The molecule has 1 amide bonds. The van der Waals surface area contributed by atoms with Gasteiger partial charge in [-0.2, -0.15) is 5.21 Å². The van der Waals surface area contributed by atoms with Crippen LogP contribution < -0.4 is 0 Å². The van der Waals surface area contributed by atoms with Crippen molar-refractivity contribution in [3.05, 3.63) is 47.9 Å². The van der Waals surface area contributed by atoms with Crippen LogP contribution in [0.15, 0.2) is 36.4 Å². The van der Waals surface area contributed by atoms with Crippen LogP contribution in [0, 0.1) is 0 Å². The lowest BCUT2D eigenvalue weighted by atomic mass is 10.1. The summed E-state index contributed by atoms with van der Waals surface area (Å²) < 4.78 is 5.62. The van der Waals surface area contributed by atoms with Gasteiger partial charge in [0.25, 0.3) is 0 Å². The maximum absolute atomic E-state index is 12.5. The predicted octanol–water partition coefficient (Wildman–Crippen LogP) is 1.28. The standard InChI is InChI=1S/C17H18N6O2/c24-16(23-9-10-25-15(11-23)17-19-21-22-20-17)8-7-13-6-5-12-3-1-2-4-14(12)18-13/h1-6,15H,7-11H2,(H,19,20,21,22). The van der Waals surface area contributed by atoms with Crippen molar-refractivity contribution in [1.29, 1.82) is 0 Å². The third-order valence-electron chi connectivity index (χ3n) is 4.32.